The van der Waals surface area contributed by atoms with Crippen LogP contribution in [0.25, 0.3) is 0 Å². The lowest BCUT2D eigenvalue weighted by Gasteiger charge is -1.97. The third kappa shape index (κ3) is 6.68. The molecule has 0 aliphatic heterocycles. The van der Waals surface area contributed by atoms with Crippen molar-refractivity contribution in [1.29, 1.82) is 0 Å². The highest BCUT2D eigenvalue weighted by molar-refractivity contribution is 7.31. The van der Waals surface area contributed by atoms with Gasteiger partial charge in [0.05, 0.1) is 6.23 Å². The van der Waals surface area contributed by atoms with E-state index in [2.05, 4.69) is 9.76 Å². The molecule has 0 aliphatic rings. The maximum atomic E-state index is 5.55. The van der Waals surface area contributed by atoms with Crippen LogP contribution in [-0.2, 0) is 4.74 Å². The van der Waals surface area contributed by atoms with E-state index < -0.39 is 7.62 Å². The van der Waals surface area contributed by atoms with Crippen molar-refractivity contribution >= 4 is 28.5 Å². The van der Waals surface area contributed by atoms with Crippen LogP contribution >= 0.6 is 11.1 Å². The third-order valence-corrected chi connectivity index (χ3v) is 1.65. The van der Waals surface area contributed by atoms with Crippen LogP contribution in [0.5, 0.6) is 0 Å². The van der Waals surface area contributed by atoms with Gasteiger partial charge in [-0.15, -0.1) is 0 Å². The van der Waals surface area contributed by atoms with Gasteiger partial charge in [-0.1, -0.05) is 0 Å². The SMILES string of the molecule is CCOC[Si]([Si])Cl. The van der Waals surface area contributed by atoms with Crippen LogP contribution in [0.3, 0.4) is 0 Å². The minimum Gasteiger partial charge on any atom is -0.384 e. The van der Waals surface area contributed by atoms with E-state index in [4.69, 9.17) is 15.8 Å². The second-order valence-corrected chi connectivity index (χ2v) is 6.27. The normalized spacial score (nSPS) is 10.3. The van der Waals surface area contributed by atoms with Gasteiger partial charge in [0, 0.05) is 16.4 Å². The highest BCUT2D eigenvalue weighted by atomic mass is 35.6. The standard InChI is InChI=1S/C3H7ClOSi2/c1-2-5-3-7(4)6/h2-3H2,1H3. The van der Waals surface area contributed by atoms with Crippen LogP contribution in [0.4, 0.5) is 0 Å². The summed E-state index contributed by atoms with van der Waals surface area (Å²) in [4.78, 5) is 0. The number of rotatable bonds is 3. The molecular weight excluding hydrogens is 144 g/mol. The molecule has 0 aromatic rings. The van der Waals surface area contributed by atoms with Crippen LogP contribution < -0.4 is 0 Å². The molecule has 0 aromatic carbocycles. The Morgan fingerprint density at radius 2 is 2.43 bits per heavy atom. The van der Waals surface area contributed by atoms with E-state index in [0.717, 1.165) is 6.61 Å². The van der Waals surface area contributed by atoms with Crippen molar-refractivity contribution in [3.8, 4) is 0 Å². The van der Waals surface area contributed by atoms with Gasteiger partial charge in [0.1, 0.15) is 0 Å². The summed E-state index contributed by atoms with van der Waals surface area (Å²) in [7, 11) is 2.42. The molecule has 0 atom stereocenters. The molecule has 0 aliphatic carbocycles. The lowest BCUT2D eigenvalue weighted by atomic mass is 10.9. The predicted octanol–water partition coefficient (Wildman–Crippen LogP) is 0.458. The quantitative estimate of drug-likeness (QED) is 0.420. The van der Waals surface area contributed by atoms with Crippen molar-refractivity contribution < 1.29 is 4.74 Å². The van der Waals surface area contributed by atoms with Crippen LogP contribution in [0.1, 0.15) is 6.92 Å². The van der Waals surface area contributed by atoms with E-state index in [1.54, 1.807) is 0 Å². The van der Waals surface area contributed by atoms with Gasteiger partial charge in [0.2, 0.25) is 0 Å². The minimum absolute atomic E-state index is 0.680. The van der Waals surface area contributed by atoms with E-state index in [1.807, 2.05) is 6.92 Å². The summed E-state index contributed by atoms with van der Waals surface area (Å²) in [6, 6.07) is 0. The average Bonchev–Trinajstić information content (AvgIpc) is 1.61. The highest BCUT2D eigenvalue weighted by Gasteiger charge is 1.95. The molecule has 7 heavy (non-hydrogen) atoms. The monoisotopic (exact) mass is 150 g/mol. The smallest absolute Gasteiger partial charge is 0.172 e. The Balaban J connectivity index is 2.68. The van der Waals surface area contributed by atoms with Gasteiger partial charge in [-0.3, -0.25) is 0 Å². The molecule has 0 saturated heterocycles. The zero-order valence-corrected chi connectivity index (χ0v) is 6.96. The van der Waals surface area contributed by atoms with E-state index in [-0.39, 0.29) is 0 Å². The van der Waals surface area contributed by atoms with Gasteiger partial charge in [-0.2, -0.15) is 11.1 Å². The van der Waals surface area contributed by atoms with Crippen LogP contribution in [0.15, 0.2) is 0 Å². The van der Waals surface area contributed by atoms with Crippen molar-refractivity contribution in [1.82, 2.24) is 0 Å². The van der Waals surface area contributed by atoms with Gasteiger partial charge in [-0.05, 0) is 6.92 Å². The summed E-state index contributed by atoms with van der Waals surface area (Å²) in [6.45, 7) is 2.71. The number of halogens is 1. The zero-order chi connectivity index (χ0) is 5.70. The molecule has 0 N–H and O–H groups in total. The molecule has 0 unspecified atom stereocenters. The maximum absolute atomic E-state index is 5.55. The van der Waals surface area contributed by atoms with Crippen molar-refractivity contribution in [3.63, 3.8) is 0 Å². The Morgan fingerprint density at radius 1 is 1.86 bits per heavy atom. The molecule has 40 valence electrons. The summed E-state index contributed by atoms with van der Waals surface area (Å²) >= 11 is 5.55. The van der Waals surface area contributed by atoms with E-state index in [1.165, 1.54) is 0 Å². The second-order valence-electron chi connectivity index (χ2n) is 1.04. The van der Waals surface area contributed by atoms with Crippen molar-refractivity contribution in [2.45, 2.75) is 6.92 Å². The molecule has 0 heterocycles. The molecule has 1 nitrogen and oxygen atoms in total. The first-order valence-corrected chi connectivity index (χ1v) is 6.30. The summed E-state index contributed by atoms with van der Waals surface area (Å²) in [5, 5.41) is 0. The molecule has 4 heteroatoms. The summed E-state index contributed by atoms with van der Waals surface area (Å²) in [5.41, 5.74) is 0. The minimum atomic E-state index is -0.842. The van der Waals surface area contributed by atoms with Crippen molar-refractivity contribution in [3.05, 3.63) is 0 Å². The summed E-state index contributed by atoms with van der Waals surface area (Å²) in [5.74, 6) is 0. The maximum Gasteiger partial charge on any atom is 0.172 e. The fraction of sp³-hybridized carbons (Fsp3) is 1.00. The van der Waals surface area contributed by atoms with E-state index >= 15 is 0 Å². The largest absolute Gasteiger partial charge is 0.384 e. The Labute approximate surface area is 53.5 Å². The first-order chi connectivity index (χ1) is 3.27. The van der Waals surface area contributed by atoms with Gasteiger partial charge in [-0.25, -0.2) is 0 Å². The van der Waals surface area contributed by atoms with Crippen LogP contribution in [0, 0.1) is 0 Å². The van der Waals surface area contributed by atoms with Gasteiger partial charge >= 0.3 is 0 Å². The fourth-order valence-corrected chi connectivity index (χ4v) is 1.11. The van der Waals surface area contributed by atoms with Gasteiger partial charge in [0.25, 0.3) is 0 Å². The molecule has 0 saturated carbocycles. The molecule has 4 radical (unpaired) electrons. The Bertz CT molecular complexity index is 41.9. The van der Waals surface area contributed by atoms with Crippen molar-refractivity contribution in [2.75, 3.05) is 12.8 Å². The van der Waals surface area contributed by atoms with Gasteiger partial charge < -0.3 is 4.74 Å². The van der Waals surface area contributed by atoms with E-state index in [9.17, 15) is 0 Å². The lowest BCUT2D eigenvalue weighted by Crippen LogP contribution is -2.13. The molecule has 0 spiro atoms. The summed E-state index contributed by atoms with van der Waals surface area (Å²) < 4.78 is 4.96. The van der Waals surface area contributed by atoms with Crippen LogP contribution in [-0.4, -0.2) is 30.2 Å². The van der Waals surface area contributed by atoms with E-state index in [0.29, 0.717) is 6.23 Å². The molecule has 0 fully saturated rings. The number of ether oxygens (including phenoxy) is 1. The Morgan fingerprint density at radius 3 is 2.57 bits per heavy atom. The number of hydrogen-bond donors (Lipinski definition) is 0. The first kappa shape index (κ1) is 7.68. The predicted molar refractivity (Wildman–Crippen MR) is 33.9 cm³/mol. The molecule has 0 amide bonds. The summed E-state index contributed by atoms with van der Waals surface area (Å²) in [6.07, 6.45) is 0.680. The number of hydrogen-bond acceptors (Lipinski definition) is 1. The second kappa shape index (κ2) is 4.83. The zero-order valence-electron chi connectivity index (χ0n) is 4.20. The Kier molecular flexibility index (Phi) is 5.31. The molecule has 0 aromatic heterocycles. The highest BCUT2D eigenvalue weighted by Crippen LogP contribution is 1.82. The Hall–Kier alpha value is 0.684. The fourth-order valence-electron chi connectivity index (χ4n) is 0.192. The lowest BCUT2D eigenvalue weighted by molar-refractivity contribution is 0.193. The van der Waals surface area contributed by atoms with Gasteiger partial charge in [0.15, 0.2) is 7.62 Å². The molecule has 0 bridgehead atoms. The molecular formula is C3H7ClOSi2. The topological polar surface area (TPSA) is 9.23 Å². The third-order valence-electron chi connectivity index (χ3n) is 0.433. The first-order valence-electron chi connectivity index (χ1n) is 2.08. The average molecular weight is 151 g/mol. The van der Waals surface area contributed by atoms with Crippen molar-refractivity contribution in [2.24, 2.45) is 0 Å². The molecule has 0 rings (SSSR count). The van der Waals surface area contributed by atoms with Crippen LogP contribution in [0.2, 0.25) is 0 Å².